The maximum Gasteiger partial charge on any atom is 0.255 e. The fourth-order valence-corrected chi connectivity index (χ4v) is 2.46. The molecule has 0 aliphatic carbocycles. The van der Waals surface area contributed by atoms with Gasteiger partial charge < -0.3 is 20.3 Å². The average molecular weight is 367 g/mol. The van der Waals surface area contributed by atoms with Gasteiger partial charge in [0.1, 0.15) is 24.1 Å². The van der Waals surface area contributed by atoms with Gasteiger partial charge in [-0.1, -0.05) is 22.9 Å². The zero-order valence-corrected chi connectivity index (χ0v) is 15.2. The molecule has 3 rings (SSSR count). The van der Waals surface area contributed by atoms with Crippen LogP contribution >= 0.6 is 0 Å². The molecule has 8 heteroatoms. The van der Waals surface area contributed by atoms with Crippen LogP contribution in [0.4, 0.5) is 0 Å². The van der Waals surface area contributed by atoms with E-state index in [1.165, 1.54) is 0 Å². The second-order valence-electron chi connectivity index (χ2n) is 6.00. The highest BCUT2D eigenvalue weighted by Gasteiger charge is 2.20. The maximum absolute atomic E-state index is 12.7. The van der Waals surface area contributed by atoms with Crippen molar-refractivity contribution in [3.05, 3.63) is 59.6 Å². The van der Waals surface area contributed by atoms with Crippen LogP contribution in [-0.2, 0) is 0 Å². The van der Waals surface area contributed by atoms with E-state index in [1.54, 1.807) is 37.4 Å². The SMILES string of the molecule is Cc1ccc(OCCN)c(C(=O)N[C@H](C)c2nc(-c3ccccn3)no2)c1. The van der Waals surface area contributed by atoms with Gasteiger partial charge in [0.15, 0.2) is 0 Å². The van der Waals surface area contributed by atoms with Crippen LogP contribution in [0.15, 0.2) is 47.1 Å². The number of hydrogen-bond acceptors (Lipinski definition) is 7. The first-order valence-electron chi connectivity index (χ1n) is 8.58. The van der Waals surface area contributed by atoms with Crippen molar-refractivity contribution in [2.75, 3.05) is 13.2 Å². The summed E-state index contributed by atoms with van der Waals surface area (Å²) < 4.78 is 10.8. The molecule has 0 aliphatic rings. The van der Waals surface area contributed by atoms with Gasteiger partial charge in [0.05, 0.1) is 5.56 Å². The minimum Gasteiger partial charge on any atom is -0.491 e. The molecule has 0 aliphatic heterocycles. The Hall–Kier alpha value is -3.26. The van der Waals surface area contributed by atoms with Crippen LogP contribution in [0.5, 0.6) is 5.75 Å². The van der Waals surface area contributed by atoms with Gasteiger partial charge in [-0.25, -0.2) is 0 Å². The minimum absolute atomic E-state index is 0.293. The third-order valence-electron chi connectivity index (χ3n) is 3.81. The summed E-state index contributed by atoms with van der Waals surface area (Å²) in [5.74, 6) is 0.849. The van der Waals surface area contributed by atoms with Crippen LogP contribution in [0.25, 0.3) is 11.5 Å². The number of carbonyl (C=O) groups excluding carboxylic acids is 1. The molecule has 3 aromatic rings. The smallest absolute Gasteiger partial charge is 0.255 e. The van der Waals surface area contributed by atoms with E-state index in [-0.39, 0.29) is 5.91 Å². The summed E-state index contributed by atoms with van der Waals surface area (Å²) in [7, 11) is 0. The molecule has 2 aromatic heterocycles. The van der Waals surface area contributed by atoms with Crippen molar-refractivity contribution in [2.24, 2.45) is 5.73 Å². The number of nitrogens with zero attached hydrogens (tertiary/aromatic N) is 3. The highest BCUT2D eigenvalue weighted by Crippen LogP contribution is 2.22. The summed E-state index contributed by atoms with van der Waals surface area (Å²) in [5.41, 5.74) is 7.46. The van der Waals surface area contributed by atoms with E-state index in [1.807, 2.05) is 19.1 Å². The third-order valence-corrected chi connectivity index (χ3v) is 3.81. The number of ether oxygens (including phenoxy) is 1. The Balaban J connectivity index is 1.75. The van der Waals surface area contributed by atoms with Crippen LogP contribution in [0.3, 0.4) is 0 Å². The molecule has 8 nitrogen and oxygen atoms in total. The number of carbonyl (C=O) groups is 1. The largest absolute Gasteiger partial charge is 0.491 e. The molecule has 0 bridgehead atoms. The monoisotopic (exact) mass is 367 g/mol. The van der Waals surface area contributed by atoms with Crippen molar-refractivity contribution in [3.63, 3.8) is 0 Å². The standard InChI is InChI=1S/C19H21N5O3/c1-12-6-7-16(26-10-8-20)14(11-12)18(25)22-13(2)19-23-17(24-27-19)15-5-3-4-9-21-15/h3-7,9,11,13H,8,10,20H2,1-2H3,(H,22,25)/t13-/m1/s1. The molecule has 0 unspecified atom stereocenters. The number of pyridine rings is 1. The van der Waals surface area contributed by atoms with E-state index in [0.29, 0.717) is 41.9 Å². The van der Waals surface area contributed by atoms with Crippen molar-refractivity contribution in [3.8, 4) is 17.3 Å². The summed E-state index contributed by atoms with van der Waals surface area (Å²) in [6.07, 6.45) is 1.65. The van der Waals surface area contributed by atoms with Crippen molar-refractivity contribution in [1.82, 2.24) is 20.4 Å². The fraction of sp³-hybridized carbons (Fsp3) is 0.263. The molecule has 1 atom stereocenters. The molecule has 0 radical (unpaired) electrons. The minimum atomic E-state index is -0.481. The lowest BCUT2D eigenvalue weighted by atomic mass is 10.1. The van der Waals surface area contributed by atoms with Gasteiger partial charge in [-0.2, -0.15) is 4.98 Å². The maximum atomic E-state index is 12.7. The number of hydrogen-bond donors (Lipinski definition) is 2. The molecule has 0 saturated carbocycles. The summed E-state index contributed by atoms with van der Waals surface area (Å²) in [5, 5.41) is 6.78. The Morgan fingerprint density at radius 2 is 2.19 bits per heavy atom. The number of amides is 1. The van der Waals surface area contributed by atoms with E-state index < -0.39 is 6.04 Å². The Morgan fingerprint density at radius 1 is 1.33 bits per heavy atom. The third kappa shape index (κ3) is 4.48. The van der Waals surface area contributed by atoms with Crippen molar-refractivity contribution >= 4 is 5.91 Å². The molecule has 0 spiro atoms. The van der Waals surface area contributed by atoms with Crippen LogP contribution in [0.1, 0.15) is 34.8 Å². The van der Waals surface area contributed by atoms with E-state index in [2.05, 4.69) is 20.4 Å². The number of nitrogens with one attached hydrogen (secondary N) is 1. The number of nitrogens with two attached hydrogens (primary N) is 1. The van der Waals surface area contributed by atoms with E-state index in [4.69, 9.17) is 15.0 Å². The summed E-state index contributed by atoms with van der Waals surface area (Å²) >= 11 is 0. The van der Waals surface area contributed by atoms with E-state index in [9.17, 15) is 4.79 Å². The van der Waals surface area contributed by atoms with E-state index in [0.717, 1.165) is 5.56 Å². The molecule has 0 saturated heterocycles. The molecule has 1 aromatic carbocycles. The van der Waals surface area contributed by atoms with Gasteiger partial charge >= 0.3 is 0 Å². The number of benzene rings is 1. The highest BCUT2D eigenvalue weighted by atomic mass is 16.5. The van der Waals surface area contributed by atoms with Gasteiger partial charge in [0, 0.05) is 12.7 Å². The Labute approximate surface area is 156 Å². The van der Waals surface area contributed by atoms with Gasteiger partial charge in [0.25, 0.3) is 5.91 Å². The molecule has 0 fully saturated rings. The number of rotatable bonds is 7. The Bertz CT molecular complexity index is 911. The lowest BCUT2D eigenvalue weighted by Gasteiger charge is -2.14. The zero-order chi connectivity index (χ0) is 19.2. The van der Waals surface area contributed by atoms with Crippen molar-refractivity contribution < 1.29 is 14.1 Å². The molecular formula is C19H21N5O3. The lowest BCUT2D eigenvalue weighted by Crippen LogP contribution is -2.27. The number of aryl methyl sites for hydroxylation is 1. The van der Waals surface area contributed by atoms with Crippen LogP contribution in [0.2, 0.25) is 0 Å². The molecule has 27 heavy (non-hydrogen) atoms. The predicted octanol–water partition coefficient (Wildman–Crippen LogP) is 2.27. The topological polar surface area (TPSA) is 116 Å². The molecular weight excluding hydrogens is 346 g/mol. The fourth-order valence-electron chi connectivity index (χ4n) is 2.46. The molecule has 2 heterocycles. The van der Waals surface area contributed by atoms with Crippen molar-refractivity contribution in [2.45, 2.75) is 19.9 Å². The van der Waals surface area contributed by atoms with Crippen molar-refractivity contribution in [1.29, 1.82) is 0 Å². The molecule has 140 valence electrons. The first kappa shape index (κ1) is 18.5. The summed E-state index contributed by atoms with van der Waals surface area (Å²) in [4.78, 5) is 21.2. The summed E-state index contributed by atoms with van der Waals surface area (Å²) in [6, 6.07) is 10.3. The average Bonchev–Trinajstić information content (AvgIpc) is 3.18. The van der Waals surface area contributed by atoms with Gasteiger partial charge in [0.2, 0.25) is 11.7 Å². The van der Waals surface area contributed by atoms with Crippen LogP contribution < -0.4 is 15.8 Å². The predicted molar refractivity (Wildman–Crippen MR) is 99.1 cm³/mol. The second-order valence-corrected chi connectivity index (χ2v) is 6.00. The number of aromatic nitrogens is 3. The zero-order valence-electron chi connectivity index (χ0n) is 15.2. The quantitative estimate of drug-likeness (QED) is 0.658. The van der Waals surface area contributed by atoms with Gasteiger partial charge in [-0.3, -0.25) is 9.78 Å². The first-order chi connectivity index (χ1) is 13.1. The molecule has 3 N–H and O–H groups in total. The van der Waals surface area contributed by atoms with Crippen LogP contribution in [0, 0.1) is 6.92 Å². The lowest BCUT2D eigenvalue weighted by molar-refractivity contribution is 0.0928. The van der Waals surface area contributed by atoms with E-state index >= 15 is 0 Å². The Morgan fingerprint density at radius 3 is 2.93 bits per heavy atom. The van der Waals surface area contributed by atoms with Gasteiger partial charge in [-0.05, 0) is 38.1 Å². The van der Waals surface area contributed by atoms with Gasteiger partial charge in [-0.15, -0.1) is 0 Å². The van der Waals surface area contributed by atoms with Crippen LogP contribution in [-0.4, -0.2) is 34.2 Å². The first-order valence-corrected chi connectivity index (χ1v) is 8.58. The second kappa shape index (κ2) is 8.41. The summed E-state index contributed by atoms with van der Waals surface area (Å²) in [6.45, 7) is 4.37. The normalized spacial score (nSPS) is 11.8. The molecule has 1 amide bonds. The highest BCUT2D eigenvalue weighted by molar-refractivity contribution is 5.97. The Kier molecular flexibility index (Phi) is 5.77.